The summed E-state index contributed by atoms with van der Waals surface area (Å²) in [7, 11) is 0. The molecule has 0 unspecified atom stereocenters. The summed E-state index contributed by atoms with van der Waals surface area (Å²) in [5, 5.41) is 9.42. The number of likely N-dealkylation sites (tertiary alicyclic amines) is 1. The van der Waals surface area contributed by atoms with Crippen molar-refractivity contribution >= 4 is 23.2 Å². The fourth-order valence-electron chi connectivity index (χ4n) is 3.96. The Kier molecular flexibility index (Phi) is 6.33. The maximum Gasteiger partial charge on any atom is 0.249 e. The van der Waals surface area contributed by atoms with E-state index >= 15 is 0 Å². The number of piperidine rings is 1. The van der Waals surface area contributed by atoms with Crippen molar-refractivity contribution in [2.75, 3.05) is 13.1 Å². The van der Waals surface area contributed by atoms with Gasteiger partial charge in [0.1, 0.15) is 0 Å². The van der Waals surface area contributed by atoms with Crippen molar-refractivity contribution in [3.8, 4) is 11.5 Å². The van der Waals surface area contributed by atoms with Crippen LogP contribution in [0.4, 0.5) is 0 Å². The zero-order valence-electron chi connectivity index (χ0n) is 15.4. The minimum Gasteiger partial charge on any atom is -0.419 e. The molecule has 0 amide bonds. The molecule has 1 aromatic carbocycles. The molecule has 4 rings (SSSR count). The molecule has 1 aliphatic heterocycles. The average Bonchev–Trinajstić information content (AvgIpc) is 3.12. The minimum absolute atomic E-state index is 0.399. The Morgan fingerprint density at radius 1 is 1.00 bits per heavy atom. The van der Waals surface area contributed by atoms with Crippen LogP contribution in [0.15, 0.2) is 22.6 Å². The van der Waals surface area contributed by atoms with Gasteiger partial charge >= 0.3 is 0 Å². The monoisotopic (exact) mass is 409 g/mol. The number of rotatable bonds is 5. The van der Waals surface area contributed by atoms with Crippen molar-refractivity contribution in [2.24, 2.45) is 0 Å². The van der Waals surface area contributed by atoms with E-state index in [9.17, 15) is 0 Å². The first kappa shape index (κ1) is 19.2. The van der Waals surface area contributed by atoms with Crippen LogP contribution < -0.4 is 0 Å². The summed E-state index contributed by atoms with van der Waals surface area (Å²) in [5.74, 6) is 1.05. The molecule has 2 aliphatic rings. The topological polar surface area (TPSA) is 51.4 Å². The molecule has 0 bridgehead atoms. The van der Waals surface area contributed by atoms with Gasteiger partial charge in [-0.15, -0.1) is 10.2 Å². The van der Waals surface area contributed by atoms with Gasteiger partial charge in [-0.2, -0.15) is 0 Å². The van der Waals surface area contributed by atoms with Gasteiger partial charge in [-0.1, -0.05) is 42.5 Å². The lowest BCUT2D eigenvalue weighted by Gasteiger charge is -2.34. The number of halogens is 2. The Balaban J connectivity index is 1.29. The first-order chi connectivity index (χ1) is 13.2. The van der Waals surface area contributed by atoms with Crippen molar-refractivity contribution in [1.29, 1.82) is 0 Å². The van der Waals surface area contributed by atoms with Gasteiger partial charge in [-0.3, -0.25) is 4.90 Å². The van der Waals surface area contributed by atoms with Crippen molar-refractivity contribution in [2.45, 2.75) is 63.7 Å². The average molecular weight is 410 g/mol. The summed E-state index contributed by atoms with van der Waals surface area (Å²) >= 11 is 12.2. The number of ether oxygens (including phenoxy) is 1. The smallest absolute Gasteiger partial charge is 0.249 e. The van der Waals surface area contributed by atoms with Crippen molar-refractivity contribution in [3.05, 3.63) is 34.1 Å². The standard InChI is InChI=1S/C20H25Cl2N3O2/c21-14-6-7-17(18(22)12-14)20-24-23-19(27-20)13-25-10-8-16(9-11-25)26-15-4-2-1-3-5-15/h6-7,12,15-16H,1-5,8-11,13H2. The lowest BCUT2D eigenvalue weighted by Crippen LogP contribution is -2.38. The van der Waals surface area contributed by atoms with Crippen LogP contribution in [0.1, 0.15) is 50.8 Å². The van der Waals surface area contributed by atoms with Crippen LogP contribution >= 0.6 is 23.2 Å². The Hall–Kier alpha value is -1.14. The Labute approximate surface area is 170 Å². The van der Waals surface area contributed by atoms with Gasteiger partial charge in [0.25, 0.3) is 0 Å². The molecule has 1 aromatic heterocycles. The van der Waals surface area contributed by atoms with Gasteiger partial charge in [0.2, 0.25) is 11.8 Å². The first-order valence-electron chi connectivity index (χ1n) is 9.83. The van der Waals surface area contributed by atoms with Crippen LogP contribution in [0.2, 0.25) is 10.0 Å². The molecule has 2 fully saturated rings. The van der Waals surface area contributed by atoms with Crippen molar-refractivity contribution in [1.82, 2.24) is 15.1 Å². The van der Waals surface area contributed by atoms with Gasteiger partial charge in [-0.25, -0.2) is 0 Å². The molecule has 0 atom stereocenters. The highest BCUT2D eigenvalue weighted by Crippen LogP contribution is 2.30. The SMILES string of the molecule is Clc1ccc(-c2nnc(CN3CCC(OC4CCCCC4)CC3)o2)c(Cl)c1. The van der Waals surface area contributed by atoms with Crippen LogP contribution in [-0.4, -0.2) is 40.4 Å². The second-order valence-corrected chi connectivity index (χ2v) is 8.34. The zero-order valence-corrected chi connectivity index (χ0v) is 16.9. The van der Waals surface area contributed by atoms with Gasteiger partial charge in [0.15, 0.2) is 0 Å². The largest absolute Gasteiger partial charge is 0.419 e. The summed E-state index contributed by atoms with van der Waals surface area (Å²) in [6, 6.07) is 5.25. The predicted octanol–water partition coefficient (Wildman–Crippen LogP) is 5.36. The highest BCUT2D eigenvalue weighted by Gasteiger charge is 2.25. The van der Waals surface area contributed by atoms with E-state index in [1.165, 1.54) is 32.1 Å². The molecule has 1 saturated carbocycles. The third-order valence-electron chi connectivity index (χ3n) is 5.46. The molecule has 146 valence electrons. The van der Waals surface area contributed by atoms with Gasteiger partial charge in [0, 0.05) is 18.1 Å². The quantitative estimate of drug-likeness (QED) is 0.665. The van der Waals surface area contributed by atoms with E-state index in [0.717, 1.165) is 25.9 Å². The van der Waals surface area contributed by atoms with E-state index < -0.39 is 0 Å². The summed E-state index contributed by atoms with van der Waals surface area (Å²) in [5.41, 5.74) is 0.708. The van der Waals surface area contributed by atoms with Gasteiger partial charge < -0.3 is 9.15 Å². The lowest BCUT2D eigenvalue weighted by atomic mass is 9.97. The number of benzene rings is 1. The first-order valence-corrected chi connectivity index (χ1v) is 10.6. The van der Waals surface area contributed by atoms with E-state index in [1.54, 1.807) is 18.2 Å². The summed E-state index contributed by atoms with van der Waals surface area (Å²) < 4.78 is 12.1. The van der Waals surface area contributed by atoms with E-state index in [2.05, 4.69) is 15.1 Å². The Morgan fingerprint density at radius 3 is 2.48 bits per heavy atom. The molecule has 27 heavy (non-hydrogen) atoms. The summed E-state index contributed by atoms with van der Waals surface area (Å²) in [4.78, 5) is 2.35. The molecule has 0 radical (unpaired) electrons. The normalized spacial score (nSPS) is 20.2. The zero-order chi connectivity index (χ0) is 18.6. The second kappa shape index (κ2) is 8.91. The number of hydrogen-bond donors (Lipinski definition) is 0. The Morgan fingerprint density at radius 2 is 1.74 bits per heavy atom. The molecule has 1 saturated heterocycles. The molecule has 7 heteroatoms. The molecular formula is C20H25Cl2N3O2. The molecule has 5 nitrogen and oxygen atoms in total. The van der Waals surface area contributed by atoms with Crippen LogP contribution in [0.25, 0.3) is 11.5 Å². The van der Waals surface area contributed by atoms with Crippen LogP contribution in [-0.2, 0) is 11.3 Å². The summed E-state index contributed by atoms with van der Waals surface area (Å²) in [6.07, 6.45) is 9.50. The molecule has 0 spiro atoms. The van der Waals surface area contributed by atoms with E-state index in [-0.39, 0.29) is 0 Å². The maximum absolute atomic E-state index is 6.31. The molecule has 2 aromatic rings. The number of hydrogen-bond acceptors (Lipinski definition) is 5. The highest BCUT2D eigenvalue weighted by atomic mass is 35.5. The molecule has 0 N–H and O–H groups in total. The fourth-order valence-corrected chi connectivity index (χ4v) is 4.45. The maximum atomic E-state index is 6.31. The Bertz CT molecular complexity index is 753. The second-order valence-electron chi connectivity index (χ2n) is 7.50. The van der Waals surface area contributed by atoms with Gasteiger partial charge in [0.05, 0.1) is 29.3 Å². The lowest BCUT2D eigenvalue weighted by molar-refractivity contribution is -0.0572. The van der Waals surface area contributed by atoms with Crippen molar-refractivity contribution < 1.29 is 9.15 Å². The van der Waals surface area contributed by atoms with E-state index in [0.29, 0.717) is 46.1 Å². The number of nitrogens with zero attached hydrogens (tertiary/aromatic N) is 3. The molecule has 2 heterocycles. The number of aromatic nitrogens is 2. The van der Waals surface area contributed by atoms with Crippen LogP contribution in [0, 0.1) is 0 Å². The third-order valence-corrected chi connectivity index (χ3v) is 6.01. The molecule has 1 aliphatic carbocycles. The van der Waals surface area contributed by atoms with Gasteiger partial charge in [-0.05, 0) is 43.9 Å². The fraction of sp³-hybridized carbons (Fsp3) is 0.600. The summed E-state index contributed by atoms with van der Waals surface area (Å²) in [6.45, 7) is 2.65. The van der Waals surface area contributed by atoms with E-state index in [4.69, 9.17) is 32.4 Å². The van der Waals surface area contributed by atoms with Crippen LogP contribution in [0.3, 0.4) is 0 Å². The van der Waals surface area contributed by atoms with Crippen LogP contribution in [0.5, 0.6) is 0 Å². The van der Waals surface area contributed by atoms with Crippen molar-refractivity contribution in [3.63, 3.8) is 0 Å². The van der Waals surface area contributed by atoms with E-state index in [1.807, 2.05) is 0 Å². The highest BCUT2D eigenvalue weighted by molar-refractivity contribution is 6.36. The molecular weight excluding hydrogens is 385 g/mol. The predicted molar refractivity (Wildman–Crippen MR) is 106 cm³/mol. The minimum atomic E-state index is 0.399. The third kappa shape index (κ3) is 5.02.